The highest BCUT2D eigenvalue weighted by Gasteiger charge is 2.29. The lowest BCUT2D eigenvalue weighted by Gasteiger charge is -2.29. The number of benzene rings is 1. The molecule has 1 rings (SSSR count). The molecule has 0 saturated heterocycles. The van der Waals surface area contributed by atoms with Gasteiger partial charge in [-0.1, -0.05) is 63.6 Å². The first-order valence-electron chi connectivity index (χ1n) is 18.5. The minimum absolute atomic E-state index is 0.0225. The minimum atomic E-state index is -1.37. The van der Waals surface area contributed by atoms with Crippen LogP contribution in [0.3, 0.4) is 0 Å². The first kappa shape index (κ1) is 46.6. The first-order chi connectivity index (χ1) is 24.7. The normalized spacial score (nSPS) is 12.8. The van der Waals surface area contributed by atoms with Gasteiger partial charge in [0.2, 0.25) is 5.79 Å². The quantitative estimate of drug-likeness (QED) is 0.0743. The van der Waals surface area contributed by atoms with Crippen LogP contribution in [0.4, 0.5) is 0 Å². The van der Waals surface area contributed by atoms with Gasteiger partial charge in [-0.2, -0.15) is 0 Å². The van der Waals surface area contributed by atoms with Crippen LogP contribution in [-0.4, -0.2) is 155 Å². The zero-order valence-corrected chi connectivity index (χ0v) is 30.8. The molecule has 0 aliphatic heterocycles. The zero-order chi connectivity index (χ0) is 35.9. The molecule has 1 aromatic carbocycles. The topological polar surface area (TPSA) is 142 Å². The van der Waals surface area contributed by atoms with Crippen LogP contribution < -0.4 is 4.74 Å². The zero-order valence-electron chi connectivity index (χ0n) is 30.8. The highest BCUT2D eigenvalue weighted by molar-refractivity contribution is 5.21. The number of aliphatic hydroxyl groups is 2. The molecule has 0 fully saturated rings. The summed E-state index contributed by atoms with van der Waals surface area (Å²) in [4.78, 5) is 0. The van der Waals surface area contributed by atoms with Crippen molar-refractivity contribution in [2.45, 2.75) is 64.1 Å². The molecule has 1 unspecified atom stereocenters. The Bertz CT molecular complexity index is 792. The Kier molecular flexibility index (Phi) is 34.7. The first-order valence-corrected chi connectivity index (χ1v) is 18.5. The summed E-state index contributed by atoms with van der Waals surface area (Å²) in [7, 11) is 0. The number of aliphatic hydroxyl groups excluding tert-OH is 1. The van der Waals surface area contributed by atoms with Crippen molar-refractivity contribution in [1.82, 2.24) is 0 Å². The van der Waals surface area contributed by atoms with Gasteiger partial charge in [-0.3, -0.25) is 0 Å². The lowest BCUT2D eigenvalue weighted by molar-refractivity contribution is -0.185. The Hall–Kier alpha value is -1.46. The number of ether oxygens (including phenoxy) is 11. The summed E-state index contributed by atoms with van der Waals surface area (Å²) in [5.41, 5.74) is 0. The van der Waals surface area contributed by atoms with E-state index in [-0.39, 0.29) is 13.2 Å². The molecule has 0 aromatic heterocycles. The van der Waals surface area contributed by atoms with E-state index in [4.69, 9.17) is 57.2 Å². The Morgan fingerprint density at radius 3 is 1.16 bits per heavy atom. The molecular weight excluding hydrogens is 652 g/mol. The van der Waals surface area contributed by atoms with Crippen LogP contribution in [0.1, 0.15) is 58.3 Å². The van der Waals surface area contributed by atoms with Crippen LogP contribution in [0.25, 0.3) is 0 Å². The van der Waals surface area contributed by atoms with Crippen LogP contribution in [0.15, 0.2) is 30.3 Å². The number of unbranched alkanes of at least 4 members (excludes halogenated alkanes) is 6. The second kappa shape index (κ2) is 37.3. The summed E-state index contributed by atoms with van der Waals surface area (Å²) in [5.74, 6) is -0.735. The average Bonchev–Trinajstić information content (AvgIpc) is 3.12. The monoisotopic (exact) mass is 720 g/mol. The van der Waals surface area contributed by atoms with E-state index < -0.39 is 5.79 Å². The van der Waals surface area contributed by atoms with Crippen LogP contribution in [0.5, 0.6) is 5.75 Å². The summed E-state index contributed by atoms with van der Waals surface area (Å²) in [6.07, 6.45) is 8.69. The number of hydrogen-bond donors (Lipinski definition) is 2. The lowest BCUT2D eigenvalue weighted by Crippen LogP contribution is -2.41. The maximum Gasteiger partial charge on any atom is 0.231 e. The summed E-state index contributed by atoms with van der Waals surface area (Å²) in [5, 5.41) is 19.8. The Morgan fingerprint density at radius 1 is 0.440 bits per heavy atom. The molecule has 0 aliphatic rings. The molecule has 0 aliphatic carbocycles. The van der Waals surface area contributed by atoms with Crippen LogP contribution >= 0.6 is 0 Å². The third-order valence-corrected chi connectivity index (χ3v) is 7.13. The van der Waals surface area contributed by atoms with Crippen LogP contribution in [-0.2, 0) is 47.4 Å². The smallest absolute Gasteiger partial charge is 0.231 e. The molecule has 0 radical (unpaired) electrons. The maximum absolute atomic E-state index is 11.2. The van der Waals surface area contributed by atoms with E-state index >= 15 is 0 Å². The van der Waals surface area contributed by atoms with Crippen molar-refractivity contribution in [3.63, 3.8) is 0 Å². The molecule has 1 atom stereocenters. The van der Waals surface area contributed by atoms with Crippen molar-refractivity contribution < 1.29 is 62.3 Å². The van der Waals surface area contributed by atoms with E-state index in [1.54, 1.807) is 0 Å². The van der Waals surface area contributed by atoms with Gasteiger partial charge in [-0.05, 0) is 18.6 Å². The van der Waals surface area contributed by atoms with E-state index in [0.717, 1.165) is 12.8 Å². The molecule has 0 heterocycles. The largest absolute Gasteiger partial charge is 0.460 e. The van der Waals surface area contributed by atoms with Crippen molar-refractivity contribution in [3.05, 3.63) is 30.3 Å². The minimum Gasteiger partial charge on any atom is -0.460 e. The number of rotatable bonds is 41. The Morgan fingerprint density at radius 2 is 0.780 bits per heavy atom. The highest BCUT2D eigenvalue weighted by atomic mass is 16.7. The second-order valence-corrected chi connectivity index (χ2v) is 11.5. The molecule has 13 nitrogen and oxygen atoms in total. The van der Waals surface area contributed by atoms with E-state index in [1.807, 2.05) is 30.3 Å². The van der Waals surface area contributed by atoms with Gasteiger partial charge in [0.15, 0.2) is 0 Å². The van der Waals surface area contributed by atoms with Crippen LogP contribution in [0, 0.1) is 0 Å². The second-order valence-electron chi connectivity index (χ2n) is 11.5. The van der Waals surface area contributed by atoms with Gasteiger partial charge in [-0.25, -0.2) is 0 Å². The van der Waals surface area contributed by atoms with Crippen molar-refractivity contribution in [2.24, 2.45) is 0 Å². The van der Waals surface area contributed by atoms with Gasteiger partial charge in [0, 0.05) is 6.42 Å². The fraction of sp³-hybridized carbons (Fsp3) is 0.838. The predicted octanol–water partition coefficient (Wildman–Crippen LogP) is 4.05. The van der Waals surface area contributed by atoms with Crippen molar-refractivity contribution in [2.75, 3.05) is 139 Å². The fourth-order valence-electron chi connectivity index (χ4n) is 4.49. The van der Waals surface area contributed by atoms with Gasteiger partial charge in [0.25, 0.3) is 0 Å². The van der Waals surface area contributed by atoms with E-state index in [1.165, 1.54) is 32.1 Å². The molecule has 0 amide bonds. The van der Waals surface area contributed by atoms with Gasteiger partial charge >= 0.3 is 0 Å². The molecule has 50 heavy (non-hydrogen) atoms. The molecule has 0 bridgehead atoms. The number of hydrogen-bond acceptors (Lipinski definition) is 13. The summed E-state index contributed by atoms with van der Waals surface area (Å²) in [6, 6.07) is 9.39. The van der Waals surface area contributed by atoms with E-state index in [0.29, 0.717) is 138 Å². The van der Waals surface area contributed by atoms with Gasteiger partial charge < -0.3 is 62.3 Å². The van der Waals surface area contributed by atoms with E-state index in [2.05, 4.69) is 6.92 Å². The molecule has 294 valence electrons. The average molecular weight is 721 g/mol. The van der Waals surface area contributed by atoms with Crippen molar-refractivity contribution in [3.8, 4) is 5.75 Å². The standard InChI is InChI=1S/C37H68O13/c1-2-3-4-5-6-7-11-14-37(39,50-36-12-9-8-10-13-36)35-49-34-33-48-32-31-47-30-29-46-28-27-45-26-25-44-24-23-43-22-21-42-20-19-41-18-17-40-16-15-38/h8-10,12-13,38-39H,2-7,11,14-35H2,1H3. The Balaban J connectivity index is 1.85. The van der Waals surface area contributed by atoms with Gasteiger partial charge in [0.05, 0.1) is 132 Å². The molecular formula is C37H68O13. The predicted molar refractivity (Wildman–Crippen MR) is 190 cm³/mol. The highest BCUT2D eigenvalue weighted by Crippen LogP contribution is 2.23. The van der Waals surface area contributed by atoms with Gasteiger partial charge in [0.1, 0.15) is 12.4 Å². The molecule has 1 aromatic rings. The summed E-state index contributed by atoms with van der Waals surface area (Å²) >= 11 is 0. The lowest BCUT2D eigenvalue weighted by atomic mass is 10.0. The van der Waals surface area contributed by atoms with Crippen molar-refractivity contribution >= 4 is 0 Å². The molecule has 13 heteroatoms. The summed E-state index contributed by atoms with van der Waals surface area (Å²) < 4.78 is 60.6. The van der Waals surface area contributed by atoms with Crippen molar-refractivity contribution in [1.29, 1.82) is 0 Å². The van der Waals surface area contributed by atoms with E-state index in [9.17, 15) is 5.11 Å². The van der Waals surface area contributed by atoms with Gasteiger partial charge in [-0.15, -0.1) is 0 Å². The SMILES string of the molecule is CCCCCCCCCC(O)(COCCOCCOCCOCCOCCOCCOCCOCCOCCOCCO)Oc1ccccc1. The van der Waals surface area contributed by atoms with Crippen LogP contribution in [0.2, 0.25) is 0 Å². The summed E-state index contributed by atoms with van der Waals surface area (Å²) in [6.45, 7) is 11.2. The third kappa shape index (κ3) is 32.4. The molecule has 0 spiro atoms. The third-order valence-electron chi connectivity index (χ3n) is 7.13. The number of para-hydroxylation sites is 1. The maximum atomic E-state index is 11.2. The Labute approximate surface area is 301 Å². The molecule has 0 saturated carbocycles. The molecule has 2 N–H and O–H groups in total. The fourth-order valence-corrected chi connectivity index (χ4v) is 4.49.